The van der Waals surface area contributed by atoms with Gasteiger partial charge in [-0.05, 0) is 31.6 Å². The monoisotopic (exact) mass is 239 g/mol. The Hall–Kier alpha value is -0.400. The molecule has 14 heavy (non-hydrogen) atoms. The number of nitrogens with two attached hydrogens (primary N) is 1. The minimum atomic E-state index is -0.561. The van der Waals surface area contributed by atoms with E-state index in [0.29, 0.717) is 0 Å². The highest BCUT2D eigenvalue weighted by atomic mass is 33.1. The zero-order chi connectivity index (χ0) is 11.2. The van der Waals surface area contributed by atoms with Gasteiger partial charge in [0.25, 0.3) is 0 Å². The molecule has 0 spiro atoms. The lowest BCUT2D eigenvalue weighted by molar-refractivity contribution is -0.142. The lowest BCUT2D eigenvalue weighted by Crippen LogP contribution is -2.20. The van der Waals surface area contributed by atoms with Crippen molar-refractivity contribution in [2.75, 3.05) is 5.75 Å². The summed E-state index contributed by atoms with van der Waals surface area (Å²) in [4.78, 5) is 25.6. The number of carbonyl (C=O) groups excluding carboxylic acids is 2. The Kier molecular flexibility index (Phi) is 5.98. The molecule has 0 aromatic carbocycles. The van der Waals surface area contributed by atoms with Crippen LogP contribution in [-0.2, 0) is 18.6 Å². The summed E-state index contributed by atoms with van der Waals surface area (Å²) >= 11 is 0.843. The van der Waals surface area contributed by atoms with Crippen LogP contribution in [0.5, 0.6) is 0 Å². The van der Waals surface area contributed by atoms with Crippen molar-refractivity contribution in [3.63, 3.8) is 0 Å². The molecule has 0 rings (SSSR count). The summed E-state index contributed by atoms with van der Waals surface area (Å²) in [5.74, 6) is 3.75. The molecule has 0 atom stereocenters. The quantitative estimate of drug-likeness (QED) is 0.343. The van der Waals surface area contributed by atoms with E-state index in [1.807, 2.05) is 0 Å². The van der Waals surface area contributed by atoms with Gasteiger partial charge in [-0.15, -0.1) is 0 Å². The Bertz CT molecular complexity index is 214. The second-order valence-electron chi connectivity index (χ2n) is 3.44. The maximum absolute atomic E-state index is 11.2. The molecule has 0 heterocycles. The van der Waals surface area contributed by atoms with Crippen LogP contribution >= 0.6 is 21.9 Å². The Balaban J connectivity index is 3.56. The maximum Gasteiger partial charge on any atom is 0.335 e. The fraction of sp³-hybridized carbons (Fsp3) is 0.714. The fourth-order valence-electron chi connectivity index (χ4n) is 0.286. The molecule has 0 aromatic heterocycles. The molecular weight excluding hydrogens is 226 g/mol. The van der Waals surface area contributed by atoms with Gasteiger partial charge in [0, 0.05) is 0 Å². The third kappa shape index (κ3) is 6.11. The average molecular weight is 239 g/mol. The molecule has 0 saturated carbocycles. The summed E-state index contributed by atoms with van der Waals surface area (Å²) in [7, 11) is 1.05. The number of rotatable bonds is 4. The van der Waals surface area contributed by atoms with Crippen molar-refractivity contribution in [3.8, 4) is 0 Å². The van der Waals surface area contributed by atoms with Crippen LogP contribution in [0.3, 0.4) is 0 Å². The van der Waals surface area contributed by atoms with Crippen LogP contribution in [0.15, 0.2) is 0 Å². The van der Waals surface area contributed by atoms with Crippen LogP contribution in [0.2, 0.25) is 0 Å². The Morgan fingerprint density at radius 1 is 1.36 bits per heavy atom. The molecule has 0 aromatic rings. The zero-order valence-corrected chi connectivity index (χ0v) is 9.87. The van der Waals surface area contributed by atoms with Gasteiger partial charge in [0.1, 0.15) is 16.8 Å². The van der Waals surface area contributed by atoms with E-state index in [4.69, 9.17) is 4.18 Å². The van der Waals surface area contributed by atoms with Crippen molar-refractivity contribution in [2.45, 2.75) is 20.8 Å². The van der Waals surface area contributed by atoms with Gasteiger partial charge in [0.2, 0.25) is 0 Å². The summed E-state index contributed by atoms with van der Waals surface area (Å²) in [6.45, 7) is 5.23. The third-order valence-electron chi connectivity index (χ3n) is 1.08. The van der Waals surface area contributed by atoms with Gasteiger partial charge in [-0.25, -0.2) is 4.79 Å². The van der Waals surface area contributed by atoms with Gasteiger partial charge in [0.05, 0.1) is 5.41 Å². The van der Waals surface area contributed by atoms with Crippen LogP contribution in [0.25, 0.3) is 0 Å². The summed E-state index contributed by atoms with van der Waals surface area (Å²) in [5, 5.41) is 0. The molecule has 0 saturated heterocycles. The molecule has 0 amide bonds. The van der Waals surface area contributed by atoms with Crippen LogP contribution < -0.4 is 5.90 Å². The van der Waals surface area contributed by atoms with E-state index in [-0.39, 0.29) is 11.7 Å². The first-order valence-electron chi connectivity index (χ1n) is 3.78. The van der Waals surface area contributed by atoms with E-state index in [1.54, 1.807) is 20.8 Å². The zero-order valence-electron chi connectivity index (χ0n) is 8.23. The Morgan fingerprint density at radius 2 is 1.93 bits per heavy atom. The molecule has 0 aliphatic rings. The summed E-state index contributed by atoms with van der Waals surface area (Å²) in [6.07, 6.45) is 0. The van der Waals surface area contributed by atoms with Crippen molar-refractivity contribution in [1.29, 1.82) is 0 Å². The minimum absolute atomic E-state index is 0.0403. The van der Waals surface area contributed by atoms with Gasteiger partial charge in [-0.2, -0.15) is 5.90 Å². The van der Waals surface area contributed by atoms with Gasteiger partial charge in [-0.3, -0.25) is 4.79 Å². The first-order valence-corrected chi connectivity index (χ1v) is 6.02. The molecule has 2 N–H and O–H groups in total. The SMILES string of the molecule is CC(C)(C)C(=O)OSSCC(=O)ON. The molecule has 0 fully saturated rings. The molecule has 82 valence electrons. The van der Waals surface area contributed by atoms with Crippen molar-refractivity contribution >= 4 is 33.8 Å². The van der Waals surface area contributed by atoms with Crippen LogP contribution in [0, 0.1) is 5.41 Å². The summed E-state index contributed by atoms with van der Waals surface area (Å²) < 4.78 is 4.79. The smallest absolute Gasteiger partial charge is 0.335 e. The van der Waals surface area contributed by atoms with Gasteiger partial charge in [-0.1, -0.05) is 0 Å². The number of hydrogen-bond acceptors (Lipinski definition) is 7. The highest BCUT2D eigenvalue weighted by molar-refractivity contribution is 8.75. The maximum atomic E-state index is 11.2. The molecule has 5 nitrogen and oxygen atoms in total. The van der Waals surface area contributed by atoms with E-state index >= 15 is 0 Å². The molecule has 0 unspecified atom stereocenters. The van der Waals surface area contributed by atoms with Crippen molar-refractivity contribution in [3.05, 3.63) is 0 Å². The average Bonchev–Trinajstić information content (AvgIpc) is 2.09. The van der Waals surface area contributed by atoms with Crippen LogP contribution in [-0.4, -0.2) is 17.7 Å². The molecule has 0 aliphatic heterocycles. The summed E-state index contributed by atoms with van der Waals surface area (Å²) in [6, 6.07) is 0. The molecule has 0 radical (unpaired) electrons. The highest BCUT2D eigenvalue weighted by Crippen LogP contribution is 2.26. The fourth-order valence-corrected chi connectivity index (χ4v) is 1.62. The second-order valence-corrected chi connectivity index (χ2v) is 5.38. The molecule has 0 bridgehead atoms. The second kappa shape index (κ2) is 6.15. The van der Waals surface area contributed by atoms with Gasteiger partial charge in [0.15, 0.2) is 0 Å². The number of carbonyl (C=O) groups is 2. The summed E-state index contributed by atoms with van der Waals surface area (Å²) in [5.41, 5.74) is -0.540. The Morgan fingerprint density at radius 3 is 2.36 bits per heavy atom. The van der Waals surface area contributed by atoms with Crippen LogP contribution in [0.4, 0.5) is 0 Å². The van der Waals surface area contributed by atoms with Crippen molar-refractivity contribution in [2.24, 2.45) is 11.3 Å². The first-order chi connectivity index (χ1) is 6.38. The molecule has 0 aliphatic carbocycles. The topological polar surface area (TPSA) is 78.6 Å². The van der Waals surface area contributed by atoms with Gasteiger partial charge < -0.3 is 9.02 Å². The van der Waals surface area contributed by atoms with Crippen molar-refractivity contribution in [1.82, 2.24) is 0 Å². The predicted octanol–water partition coefficient (Wildman–Crippen LogP) is 1.29. The standard InChI is InChI=1S/C7H13NO4S2/c1-7(2,3)6(10)12-14-13-4-5(9)11-8/h4,8H2,1-3H3. The van der Waals surface area contributed by atoms with E-state index in [2.05, 4.69) is 10.7 Å². The van der Waals surface area contributed by atoms with E-state index in [0.717, 1.165) is 21.9 Å². The molecule has 7 heteroatoms. The van der Waals surface area contributed by atoms with Crippen molar-refractivity contribution < 1.29 is 18.6 Å². The van der Waals surface area contributed by atoms with Gasteiger partial charge >= 0.3 is 11.9 Å². The highest BCUT2D eigenvalue weighted by Gasteiger charge is 2.23. The first kappa shape index (κ1) is 13.6. The lowest BCUT2D eigenvalue weighted by Gasteiger charge is -2.14. The number of hydrogen-bond donors (Lipinski definition) is 1. The minimum Gasteiger partial charge on any atom is -0.379 e. The lowest BCUT2D eigenvalue weighted by atomic mass is 9.98. The third-order valence-corrected chi connectivity index (χ3v) is 2.59. The van der Waals surface area contributed by atoms with E-state index in [9.17, 15) is 9.59 Å². The van der Waals surface area contributed by atoms with E-state index in [1.165, 1.54) is 0 Å². The largest absolute Gasteiger partial charge is 0.379 e. The Labute approximate surface area is 90.6 Å². The predicted molar refractivity (Wildman–Crippen MR) is 55.9 cm³/mol. The normalized spacial score (nSPS) is 10.9. The van der Waals surface area contributed by atoms with Crippen LogP contribution in [0.1, 0.15) is 20.8 Å². The molecular formula is C7H13NO4S2. The van der Waals surface area contributed by atoms with E-state index < -0.39 is 11.4 Å².